The SMILES string of the molecule is COC(=O)C(C)(C)C1c2ccc(C)nc2Oc2nc(Cl)ccc21.Cc1ccc2c(n1)Oc1nc(Cl)ccc1C2O. The summed E-state index contributed by atoms with van der Waals surface area (Å²) >= 11 is 11.8. The number of rotatable bonds is 2. The highest BCUT2D eigenvalue weighted by molar-refractivity contribution is 6.29. The molecule has 6 heterocycles. The maximum Gasteiger partial charge on any atom is 0.312 e. The molecule has 1 N–H and O–H groups in total. The molecule has 9 nitrogen and oxygen atoms in total. The van der Waals surface area contributed by atoms with E-state index in [1.54, 1.807) is 24.3 Å². The van der Waals surface area contributed by atoms with Crippen LogP contribution < -0.4 is 9.47 Å². The summed E-state index contributed by atoms with van der Waals surface area (Å²) in [6.45, 7) is 7.43. The van der Waals surface area contributed by atoms with Crippen LogP contribution >= 0.6 is 23.2 Å². The van der Waals surface area contributed by atoms with Crippen molar-refractivity contribution in [3.63, 3.8) is 0 Å². The van der Waals surface area contributed by atoms with E-state index in [4.69, 9.17) is 37.4 Å². The molecule has 11 heteroatoms. The molecule has 4 aromatic heterocycles. The molecular weight excluding hydrogens is 555 g/mol. The Kier molecular flexibility index (Phi) is 7.39. The number of aliphatic hydroxyl groups is 1. The van der Waals surface area contributed by atoms with E-state index >= 15 is 0 Å². The Balaban J connectivity index is 0.000000168. The Bertz CT molecular complexity index is 1530. The van der Waals surface area contributed by atoms with E-state index in [-0.39, 0.29) is 11.9 Å². The minimum absolute atomic E-state index is 0.286. The van der Waals surface area contributed by atoms with Crippen molar-refractivity contribution in [1.29, 1.82) is 0 Å². The summed E-state index contributed by atoms with van der Waals surface area (Å²) in [5.41, 5.74) is 3.71. The van der Waals surface area contributed by atoms with Crippen LogP contribution in [0.1, 0.15) is 59.5 Å². The van der Waals surface area contributed by atoms with Crippen LogP contribution in [0.2, 0.25) is 10.3 Å². The van der Waals surface area contributed by atoms with Gasteiger partial charge in [-0.1, -0.05) is 29.3 Å². The number of ether oxygens (including phenoxy) is 3. The Labute approximate surface area is 241 Å². The number of halogens is 2. The van der Waals surface area contributed by atoms with Gasteiger partial charge in [-0.2, -0.15) is 0 Å². The molecule has 0 fully saturated rings. The number of methoxy groups -OCH3 is 1. The lowest BCUT2D eigenvalue weighted by Crippen LogP contribution is -2.35. The molecule has 2 aliphatic rings. The van der Waals surface area contributed by atoms with Gasteiger partial charge in [0, 0.05) is 39.6 Å². The van der Waals surface area contributed by atoms with E-state index in [1.807, 2.05) is 52.0 Å². The fraction of sp³-hybridized carbons (Fsp3) is 0.276. The molecule has 0 bridgehead atoms. The van der Waals surface area contributed by atoms with Crippen molar-refractivity contribution in [3.05, 3.63) is 92.5 Å². The highest BCUT2D eigenvalue weighted by atomic mass is 35.5. The number of carbonyl (C=O) groups is 1. The van der Waals surface area contributed by atoms with Gasteiger partial charge in [-0.15, -0.1) is 0 Å². The molecule has 0 saturated heterocycles. The van der Waals surface area contributed by atoms with Gasteiger partial charge in [-0.25, -0.2) is 19.9 Å². The third-order valence-electron chi connectivity index (χ3n) is 6.80. The second kappa shape index (κ2) is 10.6. The topological polar surface area (TPSA) is 117 Å². The van der Waals surface area contributed by atoms with E-state index in [0.29, 0.717) is 45.0 Å². The summed E-state index contributed by atoms with van der Waals surface area (Å²) in [5.74, 6) is 0.943. The Morgan fingerprint density at radius 3 is 1.68 bits per heavy atom. The molecule has 0 aliphatic carbocycles. The van der Waals surface area contributed by atoms with Crippen molar-refractivity contribution < 1.29 is 24.1 Å². The maximum atomic E-state index is 12.4. The lowest BCUT2D eigenvalue weighted by Gasteiger charge is -2.36. The second-order valence-corrected chi connectivity index (χ2v) is 10.8. The fourth-order valence-electron chi connectivity index (χ4n) is 4.80. The second-order valence-electron chi connectivity index (χ2n) is 10.0. The van der Waals surface area contributed by atoms with Crippen LogP contribution in [-0.2, 0) is 9.53 Å². The molecule has 40 heavy (non-hydrogen) atoms. The third kappa shape index (κ3) is 5.08. The first-order valence-electron chi connectivity index (χ1n) is 12.4. The first-order valence-corrected chi connectivity index (χ1v) is 13.2. The van der Waals surface area contributed by atoms with Gasteiger partial charge in [0.15, 0.2) is 0 Å². The van der Waals surface area contributed by atoms with E-state index < -0.39 is 11.5 Å². The van der Waals surface area contributed by atoms with Crippen LogP contribution in [0.15, 0.2) is 48.5 Å². The number of hydrogen-bond acceptors (Lipinski definition) is 9. The summed E-state index contributed by atoms with van der Waals surface area (Å²) in [6.07, 6.45) is -0.772. The Morgan fingerprint density at radius 2 is 1.15 bits per heavy atom. The van der Waals surface area contributed by atoms with Crippen molar-refractivity contribution in [1.82, 2.24) is 19.9 Å². The van der Waals surface area contributed by atoms with Gasteiger partial charge in [0.1, 0.15) is 16.4 Å². The monoisotopic (exact) mass is 580 g/mol. The molecular formula is C29H26Cl2N4O5. The summed E-state index contributed by atoms with van der Waals surface area (Å²) in [7, 11) is 1.39. The normalized spacial score (nSPS) is 16.5. The standard InChI is InChI=1S/C17H17ClN2O3.C12H9ClN2O2/c1-9-5-6-10-13(17(2,3)16(21)22-4)11-7-8-12(18)20-15(11)23-14(10)19-9;1-6-2-3-7-10(16)8-4-5-9(13)15-12(8)17-11(7)14-6/h5-8,13H,1-4H3;2-5,10,16H,1H3. The van der Waals surface area contributed by atoms with Crippen molar-refractivity contribution in [2.24, 2.45) is 5.41 Å². The molecule has 2 atom stereocenters. The van der Waals surface area contributed by atoms with Crippen LogP contribution in [0.5, 0.6) is 23.5 Å². The number of hydrogen-bond donors (Lipinski definition) is 1. The van der Waals surface area contributed by atoms with Crippen molar-refractivity contribution >= 4 is 29.2 Å². The van der Waals surface area contributed by atoms with Gasteiger partial charge >= 0.3 is 5.97 Å². The fourth-order valence-corrected chi connectivity index (χ4v) is 5.08. The lowest BCUT2D eigenvalue weighted by molar-refractivity contribution is -0.151. The molecule has 0 spiro atoms. The van der Waals surface area contributed by atoms with Crippen LogP contribution in [0.25, 0.3) is 0 Å². The quantitative estimate of drug-likeness (QED) is 0.209. The van der Waals surface area contributed by atoms with Gasteiger partial charge < -0.3 is 19.3 Å². The molecule has 0 saturated carbocycles. The highest BCUT2D eigenvalue weighted by Gasteiger charge is 2.45. The van der Waals surface area contributed by atoms with Crippen LogP contribution in [0, 0.1) is 19.3 Å². The summed E-state index contributed by atoms with van der Waals surface area (Å²) < 4.78 is 16.4. The largest absolute Gasteiger partial charge is 0.469 e. The molecule has 206 valence electrons. The van der Waals surface area contributed by atoms with E-state index in [9.17, 15) is 9.90 Å². The van der Waals surface area contributed by atoms with Gasteiger partial charge in [0.05, 0.1) is 12.5 Å². The van der Waals surface area contributed by atoms with Crippen LogP contribution in [0.3, 0.4) is 0 Å². The summed E-state index contributed by atoms with van der Waals surface area (Å²) in [5, 5.41) is 10.8. The summed E-state index contributed by atoms with van der Waals surface area (Å²) in [6, 6.07) is 14.3. The molecule has 0 amide bonds. The average Bonchev–Trinajstić information content (AvgIpc) is 2.91. The Morgan fingerprint density at radius 1 is 0.750 bits per heavy atom. The Hall–Kier alpha value is -3.79. The van der Waals surface area contributed by atoms with Gasteiger partial charge in [-0.05, 0) is 70.2 Å². The zero-order valence-corrected chi connectivity index (χ0v) is 23.9. The highest BCUT2D eigenvalue weighted by Crippen LogP contribution is 2.51. The molecule has 4 aromatic rings. The number of aliphatic hydroxyl groups excluding tert-OH is 1. The predicted molar refractivity (Wildman–Crippen MR) is 148 cm³/mol. The zero-order chi connectivity index (χ0) is 28.8. The number of fused-ring (bicyclic) bond motifs is 4. The number of carbonyl (C=O) groups excluding carboxylic acids is 1. The first kappa shape index (κ1) is 27.8. The molecule has 2 aliphatic heterocycles. The number of aryl methyl sites for hydroxylation is 2. The number of esters is 1. The zero-order valence-electron chi connectivity index (χ0n) is 22.4. The lowest BCUT2D eigenvalue weighted by atomic mass is 9.71. The van der Waals surface area contributed by atoms with Gasteiger partial charge in [0.2, 0.25) is 23.5 Å². The molecule has 6 rings (SSSR count). The number of aromatic nitrogens is 4. The van der Waals surface area contributed by atoms with Crippen molar-refractivity contribution in [2.45, 2.75) is 39.7 Å². The van der Waals surface area contributed by atoms with Crippen molar-refractivity contribution in [2.75, 3.05) is 7.11 Å². The first-order chi connectivity index (χ1) is 19.0. The van der Waals surface area contributed by atoms with Crippen LogP contribution in [0.4, 0.5) is 0 Å². The molecule has 0 aromatic carbocycles. The molecule has 2 unspecified atom stereocenters. The third-order valence-corrected chi connectivity index (χ3v) is 7.22. The van der Waals surface area contributed by atoms with E-state index in [1.165, 1.54) is 7.11 Å². The number of nitrogens with zero attached hydrogens (tertiary/aromatic N) is 4. The summed E-state index contributed by atoms with van der Waals surface area (Å²) in [4.78, 5) is 29.3. The average molecular weight is 581 g/mol. The minimum atomic E-state index is -0.811. The van der Waals surface area contributed by atoms with Crippen molar-refractivity contribution in [3.8, 4) is 23.5 Å². The maximum absolute atomic E-state index is 12.4. The number of pyridine rings is 4. The van der Waals surface area contributed by atoms with Gasteiger partial charge in [0.25, 0.3) is 0 Å². The predicted octanol–water partition coefficient (Wildman–Crippen LogP) is 6.50. The van der Waals surface area contributed by atoms with E-state index in [2.05, 4.69) is 19.9 Å². The van der Waals surface area contributed by atoms with Gasteiger partial charge in [-0.3, -0.25) is 4.79 Å². The van der Waals surface area contributed by atoms with Crippen LogP contribution in [-0.4, -0.2) is 38.1 Å². The smallest absolute Gasteiger partial charge is 0.312 e. The molecule has 0 radical (unpaired) electrons. The minimum Gasteiger partial charge on any atom is -0.469 e. The van der Waals surface area contributed by atoms with E-state index in [0.717, 1.165) is 22.5 Å².